The second-order valence-corrected chi connectivity index (χ2v) is 8.48. The third-order valence-electron chi connectivity index (χ3n) is 6.40. The lowest BCUT2D eigenvalue weighted by atomic mass is 9.84. The fourth-order valence-corrected chi connectivity index (χ4v) is 4.58. The van der Waals surface area contributed by atoms with Crippen LogP contribution in [0.4, 0.5) is 0 Å². The van der Waals surface area contributed by atoms with Crippen LogP contribution in [0.25, 0.3) is 0 Å². The highest BCUT2D eigenvalue weighted by Crippen LogP contribution is 2.39. The molecular weight excluding hydrogens is 316 g/mol. The van der Waals surface area contributed by atoms with Crippen LogP contribution < -0.4 is 0 Å². The number of rotatable bonds is 10. The molecule has 3 unspecified atom stereocenters. The number of hydrogen-bond acceptors (Lipinski definition) is 4. The number of unbranched alkanes of at least 4 members (excludes halogenated alkanes) is 5. The highest BCUT2D eigenvalue weighted by molar-refractivity contribution is 5.72. The molecule has 0 aromatic rings. The van der Waals surface area contributed by atoms with E-state index < -0.39 is 0 Å². The highest BCUT2D eigenvalue weighted by atomic mass is 16.6. The Balaban J connectivity index is 1.10. The zero-order chi connectivity index (χ0) is 17.5. The molecule has 2 aliphatic carbocycles. The number of carbonyl (C=O) groups is 1. The Morgan fingerprint density at radius 2 is 1.60 bits per heavy atom. The quantitative estimate of drug-likeness (QED) is 0.360. The molecule has 144 valence electrons. The van der Waals surface area contributed by atoms with Crippen LogP contribution in [-0.2, 0) is 14.3 Å². The molecule has 3 rings (SSSR count). The number of carbonyl (C=O) groups excluding carboxylic acids is 1. The van der Waals surface area contributed by atoms with Crippen LogP contribution in [0.2, 0.25) is 0 Å². The van der Waals surface area contributed by atoms with Crippen molar-refractivity contribution in [3.63, 3.8) is 0 Å². The number of fused-ring (bicyclic) bond motifs is 1. The van der Waals surface area contributed by atoms with Gasteiger partial charge in [0.1, 0.15) is 0 Å². The third-order valence-corrected chi connectivity index (χ3v) is 6.40. The lowest BCUT2D eigenvalue weighted by Crippen LogP contribution is -2.24. The zero-order valence-corrected chi connectivity index (χ0v) is 15.7. The zero-order valence-electron chi connectivity index (χ0n) is 15.7. The molecule has 1 saturated heterocycles. The highest BCUT2D eigenvalue weighted by Gasteiger charge is 2.46. The third kappa shape index (κ3) is 6.56. The van der Waals surface area contributed by atoms with Gasteiger partial charge in [0.15, 0.2) is 0 Å². The van der Waals surface area contributed by atoms with Crippen molar-refractivity contribution in [1.82, 2.24) is 0 Å². The molecule has 0 aromatic carbocycles. The predicted molar refractivity (Wildman–Crippen MR) is 97.2 cm³/mol. The summed E-state index contributed by atoms with van der Waals surface area (Å²) in [6.07, 6.45) is 16.8. The van der Waals surface area contributed by atoms with Gasteiger partial charge in [0, 0.05) is 0 Å². The number of hydrogen-bond donors (Lipinski definition) is 1. The van der Waals surface area contributed by atoms with E-state index in [4.69, 9.17) is 9.47 Å². The van der Waals surface area contributed by atoms with Crippen LogP contribution >= 0.6 is 0 Å². The van der Waals surface area contributed by atoms with Crippen LogP contribution in [0.15, 0.2) is 0 Å². The summed E-state index contributed by atoms with van der Waals surface area (Å²) < 4.78 is 10.9. The molecule has 0 amide bonds. The van der Waals surface area contributed by atoms with Gasteiger partial charge in [-0.05, 0) is 57.3 Å². The Bertz CT molecular complexity index is 403. The average Bonchev–Trinajstić information content (AvgIpc) is 3.40. The second kappa shape index (κ2) is 9.91. The molecule has 25 heavy (non-hydrogen) atoms. The fourth-order valence-electron chi connectivity index (χ4n) is 4.58. The van der Waals surface area contributed by atoms with Gasteiger partial charge in [0.05, 0.1) is 30.8 Å². The first-order chi connectivity index (χ1) is 12.2. The van der Waals surface area contributed by atoms with E-state index in [0.29, 0.717) is 18.8 Å². The van der Waals surface area contributed by atoms with Crippen LogP contribution in [-0.4, -0.2) is 36.0 Å². The normalized spacial score (nSPS) is 34.4. The number of ether oxygens (including phenoxy) is 2. The van der Waals surface area contributed by atoms with Crippen LogP contribution in [0.3, 0.4) is 0 Å². The summed E-state index contributed by atoms with van der Waals surface area (Å²) in [5.74, 6) is 0.954. The maximum Gasteiger partial charge on any atom is 0.309 e. The summed E-state index contributed by atoms with van der Waals surface area (Å²) in [7, 11) is 0. The minimum absolute atomic E-state index is 0.00607. The van der Waals surface area contributed by atoms with Crippen LogP contribution in [0, 0.1) is 11.8 Å². The van der Waals surface area contributed by atoms with Gasteiger partial charge in [-0.15, -0.1) is 0 Å². The molecule has 2 saturated carbocycles. The number of aliphatic hydroxyl groups is 1. The van der Waals surface area contributed by atoms with Gasteiger partial charge in [-0.1, -0.05) is 38.5 Å². The molecular formula is C21H36O4. The molecule has 0 radical (unpaired) electrons. The topological polar surface area (TPSA) is 59.1 Å². The summed E-state index contributed by atoms with van der Waals surface area (Å²) in [4.78, 5) is 12.0. The first kappa shape index (κ1) is 19.2. The van der Waals surface area contributed by atoms with Gasteiger partial charge in [-0.2, -0.15) is 0 Å². The minimum atomic E-state index is -0.0255. The minimum Gasteiger partial charge on any atom is -0.465 e. The summed E-state index contributed by atoms with van der Waals surface area (Å²) in [6, 6.07) is 0. The average molecular weight is 353 g/mol. The molecule has 1 N–H and O–H groups in total. The standard InChI is InChI=1S/C21H36O4/c22-18-11-8-16(9-12-18)7-5-3-1-2-4-6-14-24-21(23)17-10-13-19-20(15-17)25-19/h16-20,22H,1-15H2. The maximum absolute atomic E-state index is 12.0. The Morgan fingerprint density at radius 1 is 0.880 bits per heavy atom. The van der Waals surface area contributed by atoms with Crippen molar-refractivity contribution >= 4 is 5.97 Å². The largest absolute Gasteiger partial charge is 0.465 e. The summed E-state index contributed by atoms with van der Waals surface area (Å²) in [6.45, 7) is 0.592. The Labute approximate surface area is 152 Å². The van der Waals surface area contributed by atoms with E-state index >= 15 is 0 Å². The summed E-state index contributed by atoms with van der Waals surface area (Å²) >= 11 is 0. The Hall–Kier alpha value is -0.610. The van der Waals surface area contributed by atoms with Crippen molar-refractivity contribution in [1.29, 1.82) is 0 Å². The smallest absolute Gasteiger partial charge is 0.309 e. The molecule has 4 heteroatoms. The maximum atomic E-state index is 12.0. The summed E-state index contributed by atoms with van der Waals surface area (Å²) in [5.41, 5.74) is 0. The lowest BCUT2D eigenvalue weighted by molar-refractivity contribution is -0.149. The molecule has 0 aromatic heterocycles. The van der Waals surface area contributed by atoms with Crippen molar-refractivity contribution in [2.45, 2.75) is 108 Å². The van der Waals surface area contributed by atoms with Crippen molar-refractivity contribution in [3.8, 4) is 0 Å². The van der Waals surface area contributed by atoms with E-state index in [-0.39, 0.29) is 18.0 Å². The van der Waals surface area contributed by atoms with Crippen molar-refractivity contribution in [2.75, 3.05) is 6.61 Å². The summed E-state index contributed by atoms with van der Waals surface area (Å²) in [5, 5.41) is 9.52. The Kier molecular flexibility index (Phi) is 7.60. The van der Waals surface area contributed by atoms with Gasteiger partial charge in [-0.3, -0.25) is 4.79 Å². The molecule has 4 nitrogen and oxygen atoms in total. The van der Waals surface area contributed by atoms with E-state index in [2.05, 4.69) is 0 Å². The van der Waals surface area contributed by atoms with Crippen molar-refractivity contribution in [3.05, 3.63) is 0 Å². The molecule has 0 spiro atoms. The number of aliphatic hydroxyl groups excluding tert-OH is 1. The van der Waals surface area contributed by atoms with E-state index in [1.54, 1.807) is 0 Å². The molecule has 1 aliphatic heterocycles. The van der Waals surface area contributed by atoms with E-state index in [1.165, 1.54) is 51.4 Å². The van der Waals surface area contributed by atoms with Gasteiger partial charge in [0.25, 0.3) is 0 Å². The molecule has 3 aliphatic rings. The van der Waals surface area contributed by atoms with Gasteiger partial charge in [0.2, 0.25) is 0 Å². The first-order valence-corrected chi connectivity index (χ1v) is 10.7. The van der Waals surface area contributed by atoms with Crippen LogP contribution in [0.1, 0.15) is 89.9 Å². The lowest BCUT2D eigenvalue weighted by Gasteiger charge is -2.25. The second-order valence-electron chi connectivity index (χ2n) is 8.48. The van der Waals surface area contributed by atoms with Crippen molar-refractivity contribution in [2.24, 2.45) is 11.8 Å². The Morgan fingerprint density at radius 3 is 2.36 bits per heavy atom. The van der Waals surface area contributed by atoms with Crippen molar-refractivity contribution < 1.29 is 19.4 Å². The molecule has 1 heterocycles. The van der Waals surface area contributed by atoms with Gasteiger partial charge < -0.3 is 14.6 Å². The monoisotopic (exact) mass is 352 g/mol. The SMILES string of the molecule is O=C(OCCCCCCCCC1CCC(O)CC1)C1CCC2OC2C1. The molecule has 3 atom stereocenters. The fraction of sp³-hybridized carbons (Fsp3) is 0.952. The van der Waals surface area contributed by atoms with Gasteiger partial charge in [-0.25, -0.2) is 0 Å². The first-order valence-electron chi connectivity index (χ1n) is 10.7. The van der Waals surface area contributed by atoms with E-state index in [9.17, 15) is 9.90 Å². The number of esters is 1. The van der Waals surface area contributed by atoms with E-state index in [1.807, 2.05) is 0 Å². The molecule has 0 bridgehead atoms. The number of epoxide rings is 1. The van der Waals surface area contributed by atoms with E-state index in [0.717, 1.165) is 44.4 Å². The van der Waals surface area contributed by atoms with Crippen LogP contribution in [0.5, 0.6) is 0 Å². The predicted octanol–water partition coefficient (Wildman–Crippen LogP) is 4.38. The van der Waals surface area contributed by atoms with Gasteiger partial charge >= 0.3 is 5.97 Å². The molecule has 3 fully saturated rings.